The van der Waals surface area contributed by atoms with Gasteiger partial charge in [0.2, 0.25) is 0 Å². The molecule has 0 radical (unpaired) electrons. The number of carbonyl (C=O) groups excluding carboxylic acids is 1. The second kappa shape index (κ2) is 7.39. The maximum absolute atomic E-state index is 12.1. The number of hydrogen-bond acceptors (Lipinski definition) is 5. The zero-order chi connectivity index (χ0) is 16.9. The SMILES string of the molecule is CCCC(NC(=O)c1cc(OC)c(C)c([N+](=O)[O-])c1)C(=O)O. The molecule has 1 rings (SSSR count). The lowest BCUT2D eigenvalue weighted by molar-refractivity contribution is -0.385. The van der Waals surface area contributed by atoms with Crippen molar-refractivity contribution in [2.24, 2.45) is 0 Å². The molecule has 0 heterocycles. The number of hydrogen-bond donors (Lipinski definition) is 2. The Bertz CT molecular complexity index is 599. The van der Waals surface area contributed by atoms with E-state index in [1.54, 1.807) is 6.92 Å². The Kier molecular flexibility index (Phi) is 5.85. The van der Waals surface area contributed by atoms with Crippen LogP contribution in [-0.2, 0) is 4.79 Å². The Morgan fingerprint density at radius 1 is 1.45 bits per heavy atom. The van der Waals surface area contributed by atoms with Crippen LogP contribution in [0.5, 0.6) is 5.75 Å². The lowest BCUT2D eigenvalue weighted by Crippen LogP contribution is -2.40. The minimum Gasteiger partial charge on any atom is -0.496 e. The third-order valence-electron chi connectivity index (χ3n) is 3.19. The quantitative estimate of drug-likeness (QED) is 0.586. The molecule has 0 bridgehead atoms. The van der Waals surface area contributed by atoms with Crippen molar-refractivity contribution in [1.29, 1.82) is 0 Å². The maximum Gasteiger partial charge on any atom is 0.326 e. The average molecular weight is 310 g/mol. The summed E-state index contributed by atoms with van der Waals surface area (Å²) in [5.41, 5.74) is 0.0239. The summed E-state index contributed by atoms with van der Waals surface area (Å²) >= 11 is 0. The number of amides is 1. The fraction of sp³-hybridized carbons (Fsp3) is 0.429. The van der Waals surface area contributed by atoms with Crippen molar-refractivity contribution in [3.8, 4) is 5.75 Å². The first-order valence-electron chi connectivity index (χ1n) is 6.68. The van der Waals surface area contributed by atoms with E-state index in [0.717, 1.165) is 6.07 Å². The molecule has 1 amide bonds. The van der Waals surface area contributed by atoms with Gasteiger partial charge in [-0.1, -0.05) is 13.3 Å². The number of nitro groups is 1. The largest absolute Gasteiger partial charge is 0.496 e. The van der Waals surface area contributed by atoms with Crippen molar-refractivity contribution >= 4 is 17.6 Å². The van der Waals surface area contributed by atoms with Crippen molar-refractivity contribution < 1.29 is 24.4 Å². The Morgan fingerprint density at radius 3 is 2.55 bits per heavy atom. The van der Waals surface area contributed by atoms with Crippen LogP contribution in [0.1, 0.15) is 35.7 Å². The van der Waals surface area contributed by atoms with Crippen LogP contribution in [-0.4, -0.2) is 35.1 Å². The summed E-state index contributed by atoms with van der Waals surface area (Å²) in [4.78, 5) is 33.6. The molecule has 22 heavy (non-hydrogen) atoms. The molecule has 8 nitrogen and oxygen atoms in total. The molecule has 1 unspecified atom stereocenters. The van der Waals surface area contributed by atoms with Crippen molar-refractivity contribution in [2.75, 3.05) is 7.11 Å². The van der Waals surface area contributed by atoms with Crippen LogP contribution in [0, 0.1) is 17.0 Å². The average Bonchev–Trinajstić information content (AvgIpc) is 2.46. The molecular formula is C14H18N2O6. The van der Waals surface area contributed by atoms with E-state index in [1.807, 2.05) is 0 Å². The van der Waals surface area contributed by atoms with Crippen molar-refractivity contribution in [3.63, 3.8) is 0 Å². The minimum atomic E-state index is -1.15. The molecule has 2 N–H and O–H groups in total. The Balaban J connectivity index is 3.15. The summed E-state index contributed by atoms with van der Waals surface area (Å²) in [6.45, 7) is 3.30. The number of ether oxygens (including phenoxy) is 1. The van der Waals surface area contributed by atoms with Gasteiger partial charge in [0.1, 0.15) is 11.8 Å². The zero-order valence-corrected chi connectivity index (χ0v) is 12.6. The molecule has 0 aromatic heterocycles. The minimum absolute atomic E-state index is 0.0171. The Morgan fingerprint density at radius 2 is 2.09 bits per heavy atom. The summed E-state index contributed by atoms with van der Waals surface area (Å²) in [6.07, 6.45) is 0.848. The number of rotatable bonds is 7. The van der Waals surface area contributed by atoms with Crippen LogP contribution in [0.4, 0.5) is 5.69 Å². The van der Waals surface area contributed by atoms with Crippen molar-refractivity contribution in [1.82, 2.24) is 5.32 Å². The van der Waals surface area contributed by atoms with Crippen molar-refractivity contribution in [3.05, 3.63) is 33.4 Å². The van der Waals surface area contributed by atoms with Crippen LogP contribution in [0.2, 0.25) is 0 Å². The van der Waals surface area contributed by atoms with E-state index in [0.29, 0.717) is 12.0 Å². The number of nitrogens with zero attached hydrogens (tertiary/aromatic N) is 1. The molecule has 1 atom stereocenters. The normalized spacial score (nSPS) is 11.6. The van der Waals surface area contributed by atoms with E-state index in [1.165, 1.54) is 20.1 Å². The molecule has 0 aliphatic rings. The summed E-state index contributed by atoms with van der Waals surface area (Å²) in [6, 6.07) is 1.42. The number of aliphatic carboxylic acids is 1. The van der Waals surface area contributed by atoms with Gasteiger partial charge >= 0.3 is 5.97 Å². The molecular weight excluding hydrogens is 292 g/mol. The van der Waals surface area contributed by atoms with Gasteiger partial charge in [0.25, 0.3) is 11.6 Å². The molecule has 0 saturated carbocycles. The number of nitro benzene ring substituents is 1. The van der Waals surface area contributed by atoms with Gasteiger partial charge in [0.05, 0.1) is 17.6 Å². The van der Waals surface area contributed by atoms with Gasteiger partial charge in [0, 0.05) is 11.6 Å². The number of carboxylic acid groups (broad SMARTS) is 1. The van der Waals surface area contributed by atoms with Crippen molar-refractivity contribution in [2.45, 2.75) is 32.7 Å². The van der Waals surface area contributed by atoms with Gasteiger partial charge in [-0.15, -0.1) is 0 Å². The molecule has 120 valence electrons. The first-order chi connectivity index (χ1) is 10.3. The molecule has 0 aliphatic carbocycles. The van der Waals surface area contributed by atoms with Gasteiger partial charge in [-0.2, -0.15) is 0 Å². The molecule has 1 aromatic carbocycles. The van der Waals surface area contributed by atoms with Gasteiger partial charge < -0.3 is 15.2 Å². The highest BCUT2D eigenvalue weighted by Gasteiger charge is 2.23. The highest BCUT2D eigenvalue weighted by atomic mass is 16.6. The first-order valence-corrected chi connectivity index (χ1v) is 6.68. The van der Waals surface area contributed by atoms with E-state index in [9.17, 15) is 19.7 Å². The Labute approximate surface area is 127 Å². The predicted octanol–water partition coefficient (Wildman–Crippen LogP) is 1.89. The fourth-order valence-electron chi connectivity index (χ4n) is 1.99. The first kappa shape index (κ1) is 17.4. The highest BCUT2D eigenvalue weighted by Crippen LogP contribution is 2.29. The standard InChI is InChI=1S/C14H18N2O6/c1-4-5-10(14(18)19)15-13(17)9-6-11(16(20)21)8(2)12(7-9)22-3/h6-7,10H,4-5H2,1-3H3,(H,15,17)(H,18,19). The molecule has 0 spiro atoms. The molecule has 0 aliphatic heterocycles. The number of benzene rings is 1. The summed E-state index contributed by atoms with van der Waals surface area (Å²) in [7, 11) is 1.34. The number of carboxylic acids is 1. The van der Waals surface area contributed by atoms with Gasteiger partial charge in [0.15, 0.2) is 0 Å². The zero-order valence-electron chi connectivity index (χ0n) is 12.6. The van der Waals surface area contributed by atoms with Crippen LogP contribution in [0.25, 0.3) is 0 Å². The molecule has 0 fully saturated rings. The van der Waals surface area contributed by atoms with Crippen LogP contribution < -0.4 is 10.1 Å². The third kappa shape index (κ3) is 3.94. The highest BCUT2D eigenvalue weighted by molar-refractivity contribution is 5.97. The van der Waals surface area contributed by atoms with Gasteiger partial charge in [-0.05, 0) is 19.4 Å². The number of carbonyl (C=O) groups is 2. The lowest BCUT2D eigenvalue weighted by Gasteiger charge is -2.14. The van der Waals surface area contributed by atoms with E-state index in [4.69, 9.17) is 9.84 Å². The maximum atomic E-state index is 12.1. The van der Waals surface area contributed by atoms with Gasteiger partial charge in [-0.3, -0.25) is 14.9 Å². The summed E-state index contributed by atoms with van der Waals surface area (Å²) < 4.78 is 5.03. The Hall–Kier alpha value is -2.64. The predicted molar refractivity (Wildman–Crippen MR) is 78.2 cm³/mol. The molecule has 1 aromatic rings. The third-order valence-corrected chi connectivity index (χ3v) is 3.19. The summed E-state index contributed by atoms with van der Waals surface area (Å²) in [5, 5.41) is 22.4. The molecule has 0 saturated heterocycles. The summed E-state index contributed by atoms with van der Waals surface area (Å²) in [5.74, 6) is -1.65. The second-order valence-corrected chi connectivity index (χ2v) is 4.73. The monoisotopic (exact) mass is 310 g/mol. The van der Waals surface area contributed by atoms with E-state index < -0.39 is 22.8 Å². The number of nitrogens with one attached hydrogen (secondary N) is 1. The molecule has 8 heteroatoms. The van der Waals surface area contributed by atoms with Crippen LogP contribution in [0.3, 0.4) is 0 Å². The number of methoxy groups -OCH3 is 1. The topological polar surface area (TPSA) is 119 Å². The van der Waals surface area contributed by atoms with E-state index >= 15 is 0 Å². The van der Waals surface area contributed by atoms with Gasteiger partial charge in [-0.25, -0.2) is 4.79 Å². The van der Waals surface area contributed by atoms with Crippen LogP contribution >= 0.6 is 0 Å². The van der Waals surface area contributed by atoms with Crippen LogP contribution in [0.15, 0.2) is 12.1 Å². The lowest BCUT2D eigenvalue weighted by atomic mass is 10.1. The smallest absolute Gasteiger partial charge is 0.326 e. The van der Waals surface area contributed by atoms with E-state index in [2.05, 4.69) is 5.32 Å². The van der Waals surface area contributed by atoms with E-state index in [-0.39, 0.29) is 23.4 Å². The fourth-order valence-corrected chi connectivity index (χ4v) is 1.99. The second-order valence-electron chi connectivity index (χ2n) is 4.73.